The number of ether oxygens (including phenoxy) is 1. The standard InChI is InChI=1S/C9H15BO3/c1-7-9(2,3)13-10(12-7)8-4-5-11-6-8/h4,7H,5-6H2,1-3H3. The van der Waals surface area contributed by atoms with Gasteiger partial charge in [-0.1, -0.05) is 6.08 Å². The van der Waals surface area contributed by atoms with E-state index in [1.54, 1.807) is 0 Å². The van der Waals surface area contributed by atoms with Crippen molar-refractivity contribution in [3.8, 4) is 0 Å². The van der Waals surface area contributed by atoms with Gasteiger partial charge in [0.05, 0.1) is 24.9 Å². The summed E-state index contributed by atoms with van der Waals surface area (Å²) in [6.07, 6.45) is 2.18. The molecule has 1 unspecified atom stereocenters. The summed E-state index contributed by atoms with van der Waals surface area (Å²) in [5, 5.41) is 0. The van der Waals surface area contributed by atoms with Gasteiger partial charge in [-0.2, -0.15) is 0 Å². The Morgan fingerprint density at radius 2 is 2.31 bits per heavy atom. The maximum absolute atomic E-state index is 5.77. The largest absolute Gasteiger partial charge is 0.492 e. The van der Waals surface area contributed by atoms with Crippen LogP contribution in [0.1, 0.15) is 20.8 Å². The molecule has 0 bridgehead atoms. The van der Waals surface area contributed by atoms with Crippen molar-refractivity contribution in [1.29, 1.82) is 0 Å². The Labute approximate surface area is 79.2 Å². The van der Waals surface area contributed by atoms with Gasteiger partial charge in [-0.3, -0.25) is 0 Å². The average molecular weight is 182 g/mol. The van der Waals surface area contributed by atoms with E-state index in [2.05, 4.69) is 0 Å². The van der Waals surface area contributed by atoms with Crippen molar-refractivity contribution in [1.82, 2.24) is 0 Å². The molecule has 2 rings (SSSR count). The average Bonchev–Trinajstić information content (AvgIpc) is 2.60. The molecule has 0 amide bonds. The van der Waals surface area contributed by atoms with Crippen molar-refractivity contribution < 1.29 is 14.0 Å². The second-order valence-electron chi connectivity index (χ2n) is 4.13. The van der Waals surface area contributed by atoms with Crippen LogP contribution in [-0.4, -0.2) is 32.0 Å². The zero-order chi connectivity index (χ0) is 9.47. The normalized spacial score (nSPS) is 32.4. The second kappa shape index (κ2) is 3.12. The minimum atomic E-state index is -0.188. The number of hydrogen-bond donors (Lipinski definition) is 0. The molecule has 13 heavy (non-hydrogen) atoms. The molecule has 2 aliphatic rings. The monoisotopic (exact) mass is 182 g/mol. The first kappa shape index (κ1) is 9.25. The van der Waals surface area contributed by atoms with Gasteiger partial charge in [0.25, 0.3) is 0 Å². The molecule has 2 aliphatic heterocycles. The van der Waals surface area contributed by atoms with E-state index in [0.717, 1.165) is 5.47 Å². The summed E-state index contributed by atoms with van der Waals surface area (Å²) >= 11 is 0. The molecule has 0 aromatic heterocycles. The summed E-state index contributed by atoms with van der Waals surface area (Å²) in [6.45, 7) is 7.47. The zero-order valence-electron chi connectivity index (χ0n) is 8.37. The fourth-order valence-corrected chi connectivity index (χ4v) is 1.48. The Kier molecular flexibility index (Phi) is 2.22. The molecule has 4 heteroatoms. The van der Waals surface area contributed by atoms with Gasteiger partial charge in [0.15, 0.2) is 0 Å². The van der Waals surface area contributed by atoms with Gasteiger partial charge in [-0.15, -0.1) is 0 Å². The molecule has 1 saturated heterocycles. The lowest BCUT2D eigenvalue weighted by atomic mass is 9.79. The SMILES string of the molecule is CC1OB(C2=CCOC2)OC1(C)C. The van der Waals surface area contributed by atoms with Crippen molar-refractivity contribution in [2.24, 2.45) is 0 Å². The Bertz CT molecular complexity index is 237. The maximum atomic E-state index is 5.77. The van der Waals surface area contributed by atoms with Gasteiger partial charge >= 0.3 is 7.12 Å². The predicted octanol–water partition coefficient (Wildman–Crippen LogP) is 1.18. The minimum Gasteiger partial charge on any atom is -0.402 e. The van der Waals surface area contributed by atoms with Crippen LogP contribution in [-0.2, 0) is 14.0 Å². The van der Waals surface area contributed by atoms with Crippen molar-refractivity contribution in [3.05, 3.63) is 11.5 Å². The molecule has 0 saturated carbocycles. The van der Waals surface area contributed by atoms with Gasteiger partial charge in [-0.05, 0) is 26.2 Å². The van der Waals surface area contributed by atoms with E-state index in [4.69, 9.17) is 14.0 Å². The number of hydrogen-bond acceptors (Lipinski definition) is 3. The predicted molar refractivity (Wildman–Crippen MR) is 50.4 cm³/mol. The van der Waals surface area contributed by atoms with E-state index < -0.39 is 0 Å². The highest BCUT2D eigenvalue weighted by Gasteiger charge is 2.45. The molecule has 0 spiro atoms. The van der Waals surface area contributed by atoms with Gasteiger partial charge in [-0.25, -0.2) is 0 Å². The van der Waals surface area contributed by atoms with Crippen LogP contribution in [0.25, 0.3) is 0 Å². The maximum Gasteiger partial charge on any atom is 0.492 e. The lowest BCUT2D eigenvalue weighted by Gasteiger charge is -2.21. The van der Waals surface area contributed by atoms with Crippen molar-refractivity contribution >= 4 is 7.12 Å². The van der Waals surface area contributed by atoms with E-state index in [1.165, 1.54) is 0 Å². The lowest BCUT2D eigenvalue weighted by Crippen LogP contribution is -2.30. The van der Waals surface area contributed by atoms with Crippen LogP contribution < -0.4 is 0 Å². The Hall–Kier alpha value is -0.315. The summed E-state index contributed by atoms with van der Waals surface area (Å²) in [5.41, 5.74) is 0.936. The van der Waals surface area contributed by atoms with Gasteiger partial charge in [0.2, 0.25) is 0 Å². The molecular formula is C9H15BO3. The molecule has 0 aromatic carbocycles. The summed E-state index contributed by atoms with van der Waals surface area (Å²) < 4.78 is 16.7. The fraction of sp³-hybridized carbons (Fsp3) is 0.778. The van der Waals surface area contributed by atoms with E-state index in [0.29, 0.717) is 13.2 Å². The summed E-state index contributed by atoms with van der Waals surface area (Å²) in [7, 11) is -0.188. The molecule has 3 nitrogen and oxygen atoms in total. The quantitative estimate of drug-likeness (QED) is 0.570. The molecule has 1 fully saturated rings. The highest BCUT2D eigenvalue weighted by Crippen LogP contribution is 2.30. The van der Waals surface area contributed by atoms with E-state index in [9.17, 15) is 0 Å². The van der Waals surface area contributed by atoms with E-state index in [-0.39, 0.29) is 18.8 Å². The molecule has 0 radical (unpaired) electrons. The van der Waals surface area contributed by atoms with E-state index in [1.807, 2.05) is 26.8 Å². The van der Waals surface area contributed by atoms with Crippen LogP contribution in [0.4, 0.5) is 0 Å². The molecule has 2 heterocycles. The Morgan fingerprint density at radius 3 is 2.77 bits per heavy atom. The van der Waals surface area contributed by atoms with Gasteiger partial charge in [0.1, 0.15) is 0 Å². The molecule has 0 N–H and O–H groups in total. The third-order valence-corrected chi connectivity index (χ3v) is 2.75. The van der Waals surface area contributed by atoms with Crippen LogP contribution in [0.3, 0.4) is 0 Å². The first-order valence-electron chi connectivity index (χ1n) is 4.69. The van der Waals surface area contributed by atoms with Crippen LogP contribution in [0.15, 0.2) is 11.5 Å². The first-order chi connectivity index (χ1) is 6.09. The van der Waals surface area contributed by atoms with Crippen molar-refractivity contribution in [2.75, 3.05) is 13.2 Å². The smallest absolute Gasteiger partial charge is 0.402 e. The molecule has 72 valence electrons. The number of rotatable bonds is 1. The van der Waals surface area contributed by atoms with Gasteiger partial charge < -0.3 is 14.0 Å². The molecule has 1 atom stereocenters. The zero-order valence-corrected chi connectivity index (χ0v) is 8.37. The first-order valence-corrected chi connectivity index (χ1v) is 4.69. The minimum absolute atomic E-state index is 0.138. The summed E-state index contributed by atoms with van der Waals surface area (Å²) in [4.78, 5) is 0. The van der Waals surface area contributed by atoms with Crippen molar-refractivity contribution in [2.45, 2.75) is 32.5 Å². The van der Waals surface area contributed by atoms with Crippen LogP contribution in [0, 0.1) is 0 Å². The summed E-state index contributed by atoms with van der Waals surface area (Å²) in [6, 6.07) is 0. The third-order valence-electron chi connectivity index (χ3n) is 2.75. The Balaban J connectivity index is 2.05. The van der Waals surface area contributed by atoms with E-state index >= 15 is 0 Å². The van der Waals surface area contributed by atoms with Crippen LogP contribution in [0.5, 0.6) is 0 Å². The van der Waals surface area contributed by atoms with Crippen LogP contribution >= 0.6 is 0 Å². The highest BCUT2D eigenvalue weighted by atomic mass is 16.7. The topological polar surface area (TPSA) is 27.7 Å². The van der Waals surface area contributed by atoms with Crippen LogP contribution in [0.2, 0.25) is 0 Å². The second-order valence-corrected chi connectivity index (χ2v) is 4.13. The molecule has 0 aromatic rings. The molecule has 0 aliphatic carbocycles. The summed E-state index contributed by atoms with van der Waals surface area (Å²) in [5.74, 6) is 0. The third kappa shape index (κ3) is 1.66. The highest BCUT2D eigenvalue weighted by molar-refractivity contribution is 6.54. The fourth-order valence-electron chi connectivity index (χ4n) is 1.48. The Morgan fingerprint density at radius 1 is 1.54 bits per heavy atom. The van der Waals surface area contributed by atoms with Crippen molar-refractivity contribution in [3.63, 3.8) is 0 Å². The van der Waals surface area contributed by atoms with Gasteiger partial charge in [0, 0.05) is 0 Å². The lowest BCUT2D eigenvalue weighted by molar-refractivity contribution is 0.0841. The molecular weight excluding hydrogens is 167 g/mol.